The first-order valence-corrected chi connectivity index (χ1v) is 9.24. The highest BCUT2D eigenvalue weighted by Gasteiger charge is 2.37. The van der Waals surface area contributed by atoms with Crippen molar-refractivity contribution in [1.82, 2.24) is 4.31 Å². The summed E-state index contributed by atoms with van der Waals surface area (Å²) >= 11 is 10.1. The average Bonchev–Trinajstić information content (AvgIpc) is 2.78. The molecule has 0 aliphatic carbocycles. The van der Waals surface area contributed by atoms with Crippen LogP contribution < -0.4 is 5.73 Å². The lowest BCUT2D eigenvalue weighted by molar-refractivity contribution is 0.281. The molecule has 2 rings (SSSR count). The Kier molecular flexibility index (Phi) is 4.96. The molecule has 20 heavy (non-hydrogen) atoms. The molecule has 1 unspecified atom stereocenters. The molecule has 0 amide bonds. The van der Waals surface area contributed by atoms with Crippen molar-refractivity contribution in [2.45, 2.75) is 29.5 Å². The first-order chi connectivity index (χ1) is 9.37. The third-order valence-electron chi connectivity index (χ3n) is 3.10. The molecule has 112 valence electrons. The molecule has 0 bridgehead atoms. The van der Waals surface area contributed by atoms with E-state index >= 15 is 0 Å². The van der Waals surface area contributed by atoms with Crippen LogP contribution in [0, 0.1) is 0 Å². The van der Waals surface area contributed by atoms with Gasteiger partial charge in [0.25, 0.3) is 10.0 Å². The van der Waals surface area contributed by atoms with Gasteiger partial charge in [-0.05, 0) is 34.8 Å². The van der Waals surface area contributed by atoms with E-state index in [1.807, 2.05) is 0 Å². The predicted octanol–water partition coefficient (Wildman–Crippen LogP) is 2.45. The van der Waals surface area contributed by atoms with Crippen LogP contribution in [0.3, 0.4) is 0 Å². The lowest BCUT2D eigenvalue weighted by atomic mass is 10.0. The smallest absolute Gasteiger partial charge is 0.253 e. The number of rotatable bonds is 3. The Morgan fingerprint density at radius 1 is 1.60 bits per heavy atom. The minimum Gasteiger partial charge on any atom is -0.409 e. The molecule has 0 aromatic carbocycles. The molecule has 0 spiro atoms. The Hall–Kier alpha value is -0.350. The van der Waals surface area contributed by atoms with Crippen molar-refractivity contribution < 1.29 is 13.6 Å². The van der Waals surface area contributed by atoms with Gasteiger partial charge in [-0.15, -0.1) is 11.3 Å². The summed E-state index contributed by atoms with van der Waals surface area (Å²) in [7, 11) is -3.70. The van der Waals surface area contributed by atoms with Crippen LogP contribution in [0.25, 0.3) is 0 Å². The Morgan fingerprint density at radius 3 is 2.85 bits per heavy atom. The van der Waals surface area contributed by atoms with E-state index in [4.69, 9.17) is 22.5 Å². The second-order valence-corrected chi connectivity index (χ2v) is 9.23. The molecule has 1 fully saturated rings. The molecule has 1 aliphatic rings. The van der Waals surface area contributed by atoms with Crippen LogP contribution in [0.5, 0.6) is 0 Å². The zero-order valence-corrected chi connectivity index (χ0v) is 14.3. The molecule has 1 saturated heterocycles. The number of hydrogen-bond donors (Lipinski definition) is 2. The van der Waals surface area contributed by atoms with Gasteiger partial charge in [-0.25, -0.2) is 8.42 Å². The van der Waals surface area contributed by atoms with Crippen molar-refractivity contribution in [3.05, 3.63) is 14.9 Å². The molecule has 2 heterocycles. The van der Waals surface area contributed by atoms with Gasteiger partial charge in [0.1, 0.15) is 4.21 Å². The van der Waals surface area contributed by atoms with Gasteiger partial charge in [0, 0.05) is 6.54 Å². The second kappa shape index (κ2) is 6.18. The highest BCUT2D eigenvalue weighted by Crippen LogP contribution is 2.37. The standard InChI is InChI=1S/C10H13BrClN3O3S2/c11-9-6(12)5-8(19-9)20(17,18)15-4-2-1-3-7(15)10(13)14-16/h5,7,16H,1-4H2,(H2,13,14). The maximum Gasteiger partial charge on any atom is 0.253 e. The highest BCUT2D eigenvalue weighted by atomic mass is 79.9. The van der Waals surface area contributed by atoms with Gasteiger partial charge in [0.2, 0.25) is 0 Å². The molecule has 0 radical (unpaired) electrons. The Balaban J connectivity index is 2.40. The van der Waals surface area contributed by atoms with Crippen molar-refractivity contribution in [3.8, 4) is 0 Å². The van der Waals surface area contributed by atoms with Gasteiger partial charge in [-0.2, -0.15) is 4.31 Å². The summed E-state index contributed by atoms with van der Waals surface area (Å²) in [6.07, 6.45) is 2.12. The number of halogens is 2. The van der Waals surface area contributed by atoms with Crippen LogP contribution in [-0.4, -0.2) is 36.4 Å². The molecule has 1 aromatic rings. The minimum absolute atomic E-state index is 0.0880. The number of amidine groups is 1. The molecular weight excluding hydrogens is 390 g/mol. The molecule has 6 nitrogen and oxygen atoms in total. The van der Waals surface area contributed by atoms with Crippen LogP contribution in [0.1, 0.15) is 19.3 Å². The number of oxime groups is 1. The molecule has 1 atom stereocenters. The monoisotopic (exact) mass is 401 g/mol. The normalized spacial score (nSPS) is 22.1. The number of nitrogens with zero attached hydrogens (tertiary/aromatic N) is 2. The highest BCUT2D eigenvalue weighted by molar-refractivity contribution is 9.11. The summed E-state index contributed by atoms with van der Waals surface area (Å²) in [5.74, 6) is -0.0880. The van der Waals surface area contributed by atoms with E-state index in [-0.39, 0.29) is 10.0 Å². The van der Waals surface area contributed by atoms with E-state index in [1.165, 1.54) is 10.4 Å². The van der Waals surface area contributed by atoms with Gasteiger partial charge in [0.15, 0.2) is 5.84 Å². The molecular formula is C10H13BrClN3O3S2. The second-order valence-electron chi connectivity index (χ2n) is 4.34. The molecule has 3 N–H and O–H groups in total. The van der Waals surface area contributed by atoms with Crippen LogP contribution in [0.15, 0.2) is 19.2 Å². The summed E-state index contributed by atoms with van der Waals surface area (Å²) in [5.41, 5.74) is 5.61. The molecule has 1 aliphatic heterocycles. The summed E-state index contributed by atoms with van der Waals surface area (Å²) in [6, 6.07) is 0.794. The maximum absolute atomic E-state index is 12.6. The third kappa shape index (κ3) is 2.96. The number of thiophene rings is 1. The Bertz CT molecular complexity index is 612. The summed E-state index contributed by atoms with van der Waals surface area (Å²) in [5, 5.41) is 12.1. The lowest BCUT2D eigenvalue weighted by Gasteiger charge is -2.33. The first-order valence-electron chi connectivity index (χ1n) is 5.82. The van der Waals surface area contributed by atoms with Gasteiger partial charge in [-0.1, -0.05) is 23.2 Å². The van der Waals surface area contributed by atoms with Crippen LogP contribution in [0.4, 0.5) is 0 Å². The van der Waals surface area contributed by atoms with E-state index < -0.39 is 16.1 Å². The van der Waals surface area contributed by atoms with Crippen molar-refractivity contribution in [1.29, 1.82) is 0 Å². The quantitative estimate of drug-likeness (QED) is 0.351. The lowest BCUT2D eigenvalue weighted by Crippen LogP contribution is -2.50. The first kappa shape index (κ1) is 16.0. The van der Waals surface area contributed by atoms with Gasteiger partial charge in [-0.3, -0.25) is 0 Å². The fourth-order valence-electron chi connectivity index (χ4n) is 2.12. The molecule has 10 heteroatoms. The van der Waals surface area contributed by atoms with E-state index in [1.54, 1.807) is 0 Å². The van der Waals surface area contributed by atoms with Gasteiger partial charge in [0.05, 0.1) is 14.9 Å². The molecule has 0 saturated carbocycles. The SMILES string of the molecule is NC(=NO)C1CCCCN1S(=O)(=O)c1cc(Cl)c(Br)s1. The minimum atomic E-state index is -3.70. The van der Waals surface area contributed by atoms with E-state index in [0.29, 0.717) is 21.8 Å². The van der Waals surface area contributed by atoms with Crippen molar-refractivity contribution in [2.75, 3.05) is 6.54 Å². The third-order valence-corrected chi connectivity index (χ3v) is 7.93. The van der Waals surface area contributed by atoms with E-state index in [2.05, 4.69) is 21.1 Å². The van der Waals surface area contributed by atoms with Gasteiger partial charge >= 0.3 is 0 Å². The summed E-state index contributed by atoms with van der Waals surface area (Å²) in [6.45, 7) is 0.344. The van der Waals surface area contributed by atoms with E-state index in [9.17, 15) is 8.42 Å². The predicted molar refractivity (Wildman–Crippen MR) is 82.0 cm³/mol. The Labute approximate surface area is 134 Å². The largest absolute Gasteiger partial charge is 0.409 e. The van der Waals surface area contributed by atoms with E-state index in [0.717, 1.165) is 24.2 Å². The van der Waals surface area contributed by atoms with Crippen LogP contribution in [0.2, 0.25) is 5.02 Å². The topological polar surface area (TPSA) is 96.0 Å². The van der Waals surface area contributed by atoms with Gasteiger partial charge < -0.3 is 10.9 Å². The average molecular weight is 403 g/mol. The maximum atomic E-state index is 12.6. The zero-order valence-electron chi connectivity index (χ0n) is 10.3. The zero-order chi connectivity index (χ0) is 14.9. The summed E-state index contributed by atoms with van der Waals surface area (Å²) in [4.78, 5) is 0. The number of nitrogens with two attached hydrogens (primary N) is 1. The number of piperidine rings is 1. The number of sulfonamides is 1. The van der Waals surface area contributed by atoms with Crippen LogP contribution in [-0.2, 0) is 10.0 Å². The van der Waals surface area contributed by atoms with Crippen molar-refractivity contribution >= 4 is 54.7 Å². The fraction of sp³-hybridized carbons (Fsp3) is 0.500. The molecule has 1 aromatic heterocycles. The number of hydrogen-bond acceptors (Lipinski definition) is 5. The van der Waals surface area contributed by atoms with Crippen LogP contribution >= 0.6 is 38.9 Å². The van der Waals surface area contributed by atoms with Crippen molar-refractivity contribution in [2.24, 2.45) is 10.9 Å². The van der Waals surface area contributed by atoms with Crippen molar-refractivity contribution in [3.63, 3.8) is 0 Å². The fourth-order valence-corrected chi connectivity index (χ4v) is 6.32. The summed E-state index contributed by atoms with van der Waals surface area (Å²) < 4.78 is 27.3. The Morgan fingerprint density at radius 2 is 2.30 bits per heavy atom.